The fraction of sp³-hybridized carbons (Fsp3) is 0.176. The van der Waals surface area contributed by atoms with Gasteiger partial charge in [-0.25, -0.2) is 0 Å². The third-order valence-electron chi connectivity index (χ3n) is 3.66. The summed E-state index contributed by atoms with van der Waals surface area (Å²) < 4.78 is 0. The van der Waals surface area contributed by atoms with Crippen LogP contribution in [0.15, 0.2) is 48.5 Å². The van der Waals surface area contributed by atoms with Gasteiger partial charge in [0.25, 0.3) is 0 Å². The Kier molecular flexibility index (Phi) is 3.78. The van der Waals surface area contributed by atoms with Crippen LogP contribution in [0.2, 0.25) is 0 Å². The zero-order chi connectivity index (χ0) is 15.5. The van der Waals surface area contributed by atoms with Crippen LogP contribution < -0.4 is 16.0 Å². The molecule has 0 bridgehead atoms. The third kappa shape index (κ3) is 2.93. The lowest BCUT2D eigenvalue weighted by Gasteiger charge is -2.17. The molecule has 3 rings (SSSR count). The highest BCUT2D eigenvalue weighted by molar-refractivity contribution is 6.02. The minimum Gasteiger partial charge on any atom is -0.399 e. The zero-order valence-electron chi connectivity index (χ0n) is 12.1. The van der Waals surface area contributed by atoms with Crippen LogP contribution in [0.25, 0.3) is 0 Å². The van der Waals surface area contributed by atoms with Gasteiger partial charge < -0.3 is 16.0 Å². The summed E-state index contributed by atoms with van der Waals surface area (Å²) >= 11 is 0. The molecule has 3 N–H and O–H groups in total. The Bertz CT molecular complexity index is 727. The Balaban J connectivity index is 1.61. The van der Waals surface area contributed by atoms with Gasteiger partial charge in [-0.3, -0.25) is 9.59 Å². The highest BCUT2D eigenvalue weighted by Gasteiger charge is 2.26. The molecule has 1 aliphatic rings. The molecule has 1 heterocycles. The molecule has 5 nitrogen and oxygen atoms in total. The molecular formula is C17H17N3O2. The van der Waals surface area contributed by atoms with Gasteiger partial charge in [0.2, 0.25) is 11.8 Å². The SMILES string of the molecule is Nc1cccc(NC(=O)CCN2C(=O)Cc3ccccc32)c1. The molecular weight excluding hydrogens is 278 g/mol. The van der Waals surface area contributed by atoms with Crippen LogP contribution >= 0.6 is 0 Å². The lowest BCUT2D eigenvalue weighted by Crippen LogP contribution is -2.30. The van der Waals surface area contributed by atoms with E-state index < -0.39 is 0 Å². The van der Waals surface area contributed by atoms with Crippen LogP contribution in [-0.4, -0.2) is 18.4 Å². The number of para-hydroxylation sites is 1. The molecule has 5 heteroatoms. The van der Waals surface area contributed by atoms with Crippen molar-refractivity contribution in [3.05, 3.63) is 54.1 Å². The highest BCUT2D eigenvalue weighted by atomic mass is 16.2. The van der Waals surface area contributed by atoms with Crippen LogP contribution in [0.5, 0.6) is 0 Å². The summed E-state index contributed by atoms with van der Waals surface area (Å²) in [6.45, 7) is 0.379. The lowest BCUT2D eigenvalue weighted by atomic mass is 10.2. The first kappa shape index (κ1) is 14.1. The first-order valence-corrected chi connectivity index (χ1v) is 7.17. The van der Waals surface area contributed by atoms with Crippen molar-refractivity contribution in [2.75, 3.05) is 22.5 Å². The highest BCUT2D eigenvalue weighted by Crippen LogP contribution is 2.28. The van der Waals surface area contributed by atoms with E-state index in [1.165, 1.54) is 0 Å². The Hall–Kier alpha value is -2.82. The van der Waals surface area contributed by atoms with Crippen molar-refractivity contribution in [1.29, 1.82) is 0 Å². The van der Waals surface area contributed by atoms with E-state index in [1.54, 1.807) is 29.2 Å². The second-order valence-corrected chi connectivity index (χ2v) is 5.27. The van der Waals surface area contributed by atoms with Gasteiger partial charge >= 0.3 is 0 Å². The van der Waals surface area contributed by atoms with Crippen molar-refractivity contribution in [3.8, 4) is 0 Å². The third-order valence-corrected chi connectivity index (χ3v) is 3.66. The molecule has 0 fully saturated rings. The molecule has 0 unspecified atom stereocenters. The molecule has 2 amide bonds. The van der Waals surface area contributed by atoms with Gasteiger partial charge in [0.05, 0.1) is 6.42 Å². The topological polar surface area (TPSA) is 75.4 Å². The zero-order valence-corrected chi connectivity index (χ0v) is 12.1. The number of fused-ring (bicyclic) bond motifs is 1. The van der Waals surface area contributed by atoms with Crippen LogP contribution in [-0.2, 0) is 16.0 Å². The molecule has 0 radical (unpaired) electrons. The molecule has 1 aliphatic heterocycles. The maximum atomic E-state index is 12.0. The minimum atomic E-state index is -0.136. The van der Waals surface area contributed by atoms with Gasteiger partial charge in [-0.1, -0.05) is 24.3 Å². The Morgan fingerprint density at radius 2 is 2.00 bits per heavy atom. The summed E-state index contributed by atoms with van der Waals surface area (Å²) in [6.07, 6.45) is 0.655. The molecule has 2 aromatic rings. The van der Waals surface area contributed by atoms with E-state index in [4.69, 9.17) is 5.73 Å². The number of nitrogens with one attached hydrogen (secondary N) is 1. The van der Waals surface area contributed by atoms with E-state index in [-0.39, 0.29) is 18.2 Å². The van der Waals surface area contributed by atoms with Gasteiger partial charge in [-0.05, 0) is 29.8 Å². The maximum Gasteiger partial charge on any atom is 0.231 e. The van der Waals surface area contributed by atoms with E-state index in [2.05, 4.69) is 5.32 Å². The summed E-state index contributed by atoms with van der Waals surface area (Å²) in [6, 6.07) is 14.7. The smallest absolute Gasteiger partial charge is 0.231 e. The summed E-state index contributed by atoms with van der Waals surface area (Å²) in [5.74, 6) is -0.0965. The van der Waals surface area contributed by atoms with Crippen LogP contribution in [0.1, 0.15) is 12.0 Å². The lowest BCUT2D eigenvalue weighted by molar-refractivity contribution is -0.117. The molecule has 112 valence electrons. The van der Waals surface area contributed by atoms with Gasteiger partial charge in [-0.2, -0.15) is 0 Å². The number of hydrogen-bond acceptors (Lipinski definition) is 3. The van der Waals surface area contributed by atoms with E-state index in [0.717, 1.165) is 11.3 Å². The normalized spacial score (nSPS) is 13.1. The van der Waals surface area contributed by atoms with Crippen molar-refractivity contribution in [3.63, 3.8) is 0 Å². The Labute approximate surface area is 128 Å². The fourth-order valence-corrected chi connectivity index (χ4v) is 2.61. The Morgan fingerprint density at radius 1 is 1.18 bits per heavy atom. The number of rotatable bonds is 4. The first-order chi connectivity index (χ1) is 10.6. The van der Waals surface area contributed by atoms with Gasteiger partial charge in [0, 0.05) is 30.0 Å². The second-order valence-electron chi connectivity index (χ2n) is 5.27. The number of nitrogens with zero attached hydrogens (tertiary/aromatic N) is 1. The monoisotopic (exact) mass is 295 g/mol. The van der Waals surface area contributed by atoms with Crippen LogP contribution in [0.4, 0.5) is 17.1 Å². The largest absolute Gasteiger partial charge is 0.399 e. The maximum absolute atomic E-state index is 12.0. The van der Waals surface area contributed by atoms with Crippen molar-refractivity contribution in [1.82, 2.24) is 0 Å². The molecule has 0 aliphatic carbocycles. The number of benzene rings is 2. The molecule has 2 aromatic carbocycles. The van der Waals surface area contributed by atoms with E-state index >= 15 is 0 Å². The molecule has 0 spiro atoms. The molecule has 0 aromatic heterocycles. The van der Waals surface area contributed by atoms with E-state index in [0.29, 0.717) is 24.3 Å². The van der Waals surface area contributed by atoms with Gasteiger partial charge in [-0.15, -0.1) is 0 Å². The molecule has 0 saturated carbocycles. The minimum absolute atomic E-state index is 0.0398. The fourth-order valence-electron chi connectivity index (χ4n) is 2.61. The average Bonchev–Trinajstić information content (AvgIpc) is 2.80. The number of hydrogen-bond donors (Lipinski definition) is 2. The molecule has 22 heavy (non-hydrogen) atoms. The number of amides is 2. The molecule has 0 atom stereocenters. The van der Waals surface area contributed by atoms with E-state index in [1.807, 2.05) is 24.3 Å². The number of carbonyl (C=O) groups is 2. The second kappa shape index (κ2) is 5.89. The number of anilines is 3. The standard InChI is InChI=1S/C17H17N3O2/c18-13-5-3-6-14(11-13)19-16(21)8-9-20-15-7-2-1-4-12(15)10-17(20)22/h1-7,11H,8-10,18H2,(H,19,21). The summed E-state index contributed by atoms with van der Waals surface area (Å²) in [7, 11) is 0. The molecule has 0 saturated heterocycles. The first-order valence-electron chi connectivity index (χ1n) is 7.17. The predicted octanol–water partition coefficient (Wildman–Crippen LogP) is 2.19. The van der Waals surface area contributed by atoms with Crippen LogP contribution in [0.3, 0.4) is 0 Å². The average molecular weight is 295 g/mol. The quantitative estimate of drug-likeness (QED) is 0.849. The van der Waals surface area contributed by atoms with Gasteiger partial charge in [0.1, 0.15) is 0 Å². The van der Waals surface area contributed by atoms with Crippen LogP contribution in [0, 0.1) is 0 Å². The van der Waals surface area contributed by atoms with Gasteiger partial charge in [0.15, 0.2) is 0 Å². The van der Waals surface area contributed by atoms with Crippen molar-refractivity contribution < 1.29 is 9.59 Å². The summed E-state index contributed by atoms with van der Waals surface area (Å²) in [4.78, 5) is 25.7. The van der Waals surface area contributed by atoms with Crippen molar-refractivity contribution >= 4 is 28.9 Å². The number of nitrogens with two attached hydrogens (primary N) is 1. The summed E-state index contributed by atoms with van der Waals surface area (Å²) in [5, 5.41) is 2.79. The Morgan fingerprint density at radius 3 is 2.82 bits per heavy atom. The van der Waals surface area contributed by atoms with Crippen molar-refractivity contribution in [2.45, 2.75) is 12.8 Å². The number of nitrogen functional groups attached to an aromatic ring is 1. The number of carbonyl (C=O) groups excluding carboxylic acids is 2. The predicted molar refractivity (Wildman–Crippen MR) is 86.6 cm³/mol. The summed E-state index contributed by atoms with van der Waals surface area (Å²) in [5.41, 5.74) is 8.86. The van der Waals surface area contributed by atoms with E-state index in [9.17, 15) is 9.59 Å². The van der Waals surface area contributed by atoms with Crippen molar-refractivity contribution in [2.24, 2.45) is 0 Å².